The Morgan fingerprint density at radius 1 is 1.24 bits per heavy atom. The van der Waals surface area contributed by atoms with E-state index in [9.17, 15) is 10.1 Å². The molecule has 0 aliphatic heterocycles. The maximum absolute atomic E-state index is 10.7. The average Bonchev–Trinajstić information content (AvgIpc) is 2.45. The molecule has 0 aliphatic rings. The van der Waals surface area contributed by atoms with Gasteiger partial charge in [0.25, 0.3) is 5.69 Å². The number of nitro groups is 1. The number of nitrogens with zero attached hydrogens (tertiary/aromatic N) is 1. The van der Waals surface area contributed by atoms with Gasteiger partial charge in [0, 0.05) is 24.4 Å². The maximum Gasteiger partial charge on any atom is 0.271 e. The van der Waals surface area contributed by atoms with Crippen LogP contribution in [0.1, 0.15) is 5.56 Å². The number of non-ortho nitro benzene ring substituents is 1. The third-order valence-electron chi connectivity index (χ3n) is 2.82. The molecule has 5 nitrogen and oxygen atoms in total. The van der Waals surface area contributed by atoms with Gasteiger partial charge in [0.05, 0.1) is 21.0 Å². The van der Waals surface area contributed by atoms with Crippen molar-refractivity contribution in [2.24, 2.45) is 0 Å². The van der Waals surface area contributed by atoms with E-state index in [1.54, 1.807) is 19.2 Å². The van der Waals surface area contributed by atoms with Crippen molar-refractivity contribution in [1.82, 2.24) is 0 Å². The van der Waals surface area contributed by atoms with Crippen LogP contribution in [-0.2, 0) is 6.54 Å². The van der Waals surface area contributed by atoms with E-state index in [-0.39, 0.29) is 5.69 Å². The van der Waals surface area contributed by atoms with Crippen LogP contribution in [0.2, 0.25) is 0 Å². The highest BCUT2D eigenvalue weighted by Crippen LogP contribution is 2.34. The van der Waals surface area contributed by atoms with Crippen LogP contribution in [0.25, 0.3) is 0 Å². The number of methoxy groups -OCH3 is 1. The number of rotatable bonds is 5. The quantitative estimate of drug-likeness (QED) is 0.565. The molecule has 2 rings (SSSR count). The summed E-state index contributed by atoms with van der Waals surface area (Å²) < 4.78 is 6.93. The second-order valence-electron chi connectivity index (χ2n) is 4.25. The van der Waals surface area contributed by atoms with Crippen molar-refractivity contribution < 1.29 is 9.66 Å². The van der Waals surface area contributed by atoms with Crippen molar-refractivity contribution >= 4 is 43.2 Å². The predicted molar refractivity (Wildman–Crippen MR) is 88.8 cm³/mol. The van der Waals surface area contributed by atoms with Gasteiger partial charge in [0.15, 0.2) is 0 Å². The highest BCUT2D eigenvalue weighted by molar-refractivity contribution is 9.11. The van der Waals surface area contributed by atoms with Crippen molar-refractivity contribution in [2.75, 3.05) is 12.4 Å². The lowest BCUT2D eigenvalue weighted by atomic mass is 10.2. The standard InChI is InChI=1S/C14H12Br2N2O3/c1-21-14-12(15)5-9(6-13(14)16)8-17-10-3-2-4-11(7-10)18(19)20/h2-7,17H,8H2,1H3. The lowest BCUT2D eigenvalue weighted by Crippen LogP contribution is -2.01. The minimum atomic E-state index is -0.411. The average molecular weight is 416 g/mol. The van der Waals surface area contributed by atoms with Gasteiger partial charge >= 0.3 is 0 Å². The largest absolute Gasteiger partial charge is 0.494 e. The smallest absolute Gasteiger partial charge is 0.271 e. The van der Waals surface area contributed by atoms with Crippen LogP contribution in [0, 0.1) is 10.1 Å². The van der Waals surface area contributed by atoms with E-state index >= 15 is 0 Å². The summed E-state index contributed by atoms with van der Waals surface area (Å²) in [5.41, 5.74) is 1.78. The fraction of sp³-hybridized carbons (Fsp3) is 0.143. The summed E-state index contributed by atoms with van der Waals surface area (Å²) in [5.74, 6) is 0.731. The van der Waals surface area contributed by atoms with Crippen LogP contribution in [0.15, 0.2) is 45.3 Å². The van der Waals surface area contributed by atoms with Crippen LogP contribution in [-0.4, -0.2) is 12.0 Å². The Kier molecular flexibility index (Phi) is 5.19. The highest BCUT2D eigenvalue weighted by atomic mass is 79.9. The Morgan fingerprint density at radius 2 is 1.90 bits per heavy atom. The molecule has 0 amide bonds. The van der Waals surface area contributed by atoms with E-state index in [1.807, 2.05) is 12.1 Å². The Balaban J connectivity index is 2.13. The minimum absolute atomic E-state index is 0.0668. The molecule has 0 heterocycles. The highest BCUT2D eigenvalue weighted by Gasteiger charge is 2.09. The van der Waals surface area contributed by atoms with Crippen molar-refractivity contribution in [3.63, 3.8) is 0 Å². The molecule has 2 aromatic carbocycles. The SMILES string of the molecule is COc1c(Br)cc(CNc2cccc([N+](=O)[O-])c2)cc1Br. The Morgan fingerprint density at radius 3 is 2.48 bits per heavy atom. The topological polar surface area (TPSA) is 64.4 Å². The molecule has 7 heteroatoms. The van der Waals surface area contributed by atoms with Crippen molar-refractivity contribution in [3.05, 3.63) is 61.0 Å². The lowest BCUT2D eigenvalue weighted by molar-refractivity contribution is -0.384. The molecule has 0 atom stereocenters. The number of hydrogen-bond acceptors (Lipinski definition) is 4. The summed E-state index contributed by atoms with van der Waals surface area (Å²) in [6, 6.07) is 10.3. The van der Waals surface area contributed by atoms with Crippen molar-refractivity contribution in [3.8, 4) is 5.75 Å². The minimum Gasteiger partial charge on any atom is -0.494 e. The number of hydrogen-bond donors (Lipinski definition) is 1. The maximum atomic E-state index is 10.7. The summed E-state index contributed by atoms with van der Waals surface area (Å²) in [5, 5.41) is 13.9. The van der Waals surface area contributed by atoms with Gasteiger partial charge in [-0.1, -0.05) is 6.07 Å². The van der Waals surface area contributed by atoms with Gasteiger partial charge in [0.1, 0.15) is 5.75 Å². The number of anilines is 1. The molecule has 0 fully saturated rings. The number of ether oxygens (including phenoxy) is 1. The number of benzene rings is 2. The molecular weight excluding hydrogens is 404 g/mol. The molecule has 0 aliphatic carbocycles. The van der Waals surface area contributed by atoms with E-state index in [2.05, 4.69) is 37.2 Å². The molecule has 0 radical (unpaired) electrons. The summed E-state index contributed by atoms with van der Waals surface area (Å²) in [6.45, 7) is 0.544. The Bertz CT molecular complexity index is 654. The normalized spacial score (nSPS) is 10.2. The van der Waals surface area contributed by atoms with Crippen molar-refractivity contribution in [2.45, 2.75) is 6.54 Å². The zero-order valence-electron chi connectivity index (χ0n) is 11.1. The van der Waals surface area contributed by atoms with Gasteiger partial charge in [-0.2, -0.15) is 0 Å². The second-order valence-corrected chi connectivity index (χ2v) is 5.96. The van der Waals surface area contributed by atoms with E-state index < -0.39 is 4.92 Å². The third-order valence-corrected chi connectivity index (χ3v) is 3.99. The first-order valence-electron chi connectivity index (χ1n) is 6.01. The van der Waals surface area contributed by atoms with Gasteiger partial charge in [0.2, 0.25) is 0 Å². The molecule has 1 N–H and O–H groups in total. The summed E-state index contributed by atoms with van der Waals surface area (Å²) in [7, 11) is 1.60. The summed E-state index contributed by atoms with van der Waals surface area (Å²) in [6.07, 6.45) is 0. The van der Waals surface area contributed by atoms with Crippen LogP contribution in [0.5, 0.6) is 5.75 Å². The van der Waals surface area contributed by atoms with Crippen molar-refractivity contribution in [1.29, 1.82) is 0 Å². The Hall–Kier alpha value is -1.60. The van der Waals surface area contributed by atoms with Crippen LogP contribution < -0.4 is 10.1 Å². The van der Waals surface area contributed by atoms with Gasteiger partial charge in [-0.15, -0.1) is 0 Å². The first-order valence-corrected chi connectivity index (χ1v) is 7.60. The predicted octanol–water partition coefficient (Wildman–Crippen LogP) is 4.74. The number of nitrogens with one attached hydrogen (secondary N) is 1. The van der Waals surface area contributed by atoms with Gasteiger partial charge in [-0.3, -0.25) is 10.1 Å². The van der Waals surface area contributed by atoms with Gasteiger partial charge < -0.3 is 10.1 Å². The molecule has 0 aromatic heterocycles. The summed E-state index contributed by atoms with van der Waals surface area (Å²) >= 11 is 6.89. The van der Waals surface area contributed by atoms with Crippen LogP contribution in [0.4, 0.5) is 11.4 Å². The van der Waals surface area contributed by atoms with E-state index in [4.69, 9.17) is 4.74 Å². The second kappa shape index (κ2) is 6.91. The molecule has 2 aromatic rings. The number of halogens is 2. The molecule has 0 bridgehead atoms. The number of nitro benzene ring substituents is 1. The molecule has 21 heavy (non-hydrogen) atoms. The first-order chi connectivity index (χ1) is 10.0. The van der Waals surface area contributed by atoms with Crippen LogP contribution in [0.3, 0.4) is 0 Å². The Labute approximate surface area is 138 Å². The fourth-order valence-electron chi connectivity index (χ4n) is 1.84. The van der Waals surface area contributed by atoms with E-state index in [0.29, 0.717) is 12.2 Å². The molecular formula is C14H12Br2N2O3. The zero-order chi connectivity index (χ0) is 15.4. The molecule has 0 saturated carbocycles. The van der Waals surface area contributed by atoms with E-state index in [0.717, 1.165) is 20.3 Å². The first kappa shape index (κ1) is 15.8. The van der Waals surface area contributed by atoms with Crippen LogP contribution >= 0.6 is 31.9 Å². The fourth-order valence-corrected chi connectivity index (χ4v) is 3.45. The molecule has 0 saturated heterocycles. The van der Waals surface area contributed by atoms with Gasteiger partial charge in [-0.25, -0.2) is 0 Å². The monoisotopic (exact) mass is 414 g/mol. The zero-order valence-corrected chi connectivity index (χ0v) is 14.3. The molecule has 0 spiro atoms. The molecule has 110 valence electrons. The van der Waals surface area contributed by atoms with Gasteiger partial charge in [-0.05, 0) is 55.6 Å². The summed E-state index contributed by atoms with van der Waals surface area (Å²) in [4.78, 5) is 10.3. The third kappa shape index (κ3) is 3.95. The molecule has 0 unspecified atom stereocenters. The van der Waals surface area contributed by atoms with E-state index in [1.165, 1.54) is 12.1 Å². The lowest BCUT2D eigenvalue weighted by Gasteiger charge is -2.11.